The average Bonchev–Trinajstić information content (AvgIpc) is 3.12. The molecule has 2 bridgehead atoms. The lowest BCUT2D eigenvalue weighted by molar-refractivity contribution is -0.205. The molecule has 4 rings (SSSR count). The Balaban J connectivity index is 0.00000115. The van der Waals surface area contributed by atoms with Crippen LogP contribution in [0, 0.1) is 17.8 Å². The maximum atomic E-state index is 13.4. The summed E-state index contributed by atoms with van der Waals surface area (Å²) >= 11 is 1.38. The van der Waals surface area contributed by atoms with Gasteiger partial charge in [-0.15, -0.1) is 11.8 Å². The predicted octanol–water partition coefficient (Wildman–Crippen LogP) is 0.492. The van der Waals surface area contributed by atoms with Crippen LogP contribution < -0.4 is 10.6 Å². The summed E-state index contributed by atoms with van der Waals surface area (Å²) in [6, 6.07) is -0.930. The highest BCUT2D eigenvalue weighted by Crippen LogP contribution is 2.35. The van der Waals surface area contributed by atoms with Crippen molar-refractivity contribution in [1.82, 2.24) is 10.6 Å². The Hall–Kier alpha value is -1.21. The van der Waals surface area contributed by atoms with Gasteiger partial charge in [0.2, 0.25) is 5.91 Å². The molecular formula is C25H42N2O8S. The molecule has 0 aromatic rings. The minimum absolute atomic E-state index is 0.156. The number of fused-ring (bicyclic) bond motifs is 3. The third kappa shape index (κ3) is 7.43. The molecule has 36 heavy (non-hydrogen) atoms. The number of hydrogen-bond donors (Lipinski definition) is 6. The number of rotatable bonds is 4. The fourth-order valence-corrected chi connectivity index (χ4v) is 6.82. The quantitative estimate of drug-likeness (QED) is 0.223. The Labute approximate surface area is 217 Å². The number of amides is 1. The maximum absolute atomic E-state index is 13.4. The fraction of sp³-hybridized carbons (Fsp3) is 0.840. The van der Waals surface area contributed by atoms with Crippen molar-refractivity contribution >= 4 is 24.1 Å². The molecule has 0 aliphatic carbocycles. The van der Waals surface area contributed by atoms with Gasteiger partial charge in [0, 0.05) is 18.9 Å². The molecule has 206 valence electrons. The van der Waals surface area contributed by atoms with Crippen LogP contribution in [0.3, 0.4) is 0 Å². The molecule has 4 aliphatic heterocycles. The standard InChI is InChI=1S/C24H40N2O6S.CH2O2/c1-13(2)10-14-7-8-31-21-15(11-14)12-25-17(21)23(30)26-16-6-4-3-5-9-33-24-20(29)18(27)19(28)22(16)32-24;2-1-3/h3,5,13-22,24-25,27-29H,4,6-12H2,1-2H3,(H,26,30);1H,(H,2,3)/b5-3-;/t14-,15-,16+,17-,18-,19+,20+,21+,22+,24+;/m0./s1. The first kappa shape index (κ1) is 29.3. The largest absolute Gasteiger partial charge is 0.483 e. The van der Waals surface area contributed by atoms with Crippen molar-refractivity contribution in [3.8, 4) is 0 Å². The van der Waals surface area contributed by atoms with Gasteiger partial charge in [0.1, 0.15) is 35.9 Å². The van der Waals surface area contributed by atoms with Gasteiger partial charge in [0.15, 0.2) is 0 Å². The molecule has 0 aromatic heterocycles. The van der Waals surface area contributed by atoms with E-state index in [0.717, 1.165) is 25.8 Å². The summed E-state index contributed by atoms with van der Waals surface area (Å²) in [5.74, 6) is 2.09. The number of carbonyl (C=O) groups excluding carboxylic acids is 1. The topological polar surface area (TPSA) is 158 Å². The van der Waals surface area contributed by atoms with Crippen molar-refractivity contribution in [3.05, 3.63) is 12.2 Å². The minimum Gasteiger partial charge on any atom is -0.483 e. The van der Waals surface area contributed by atoms with E-state index in [1.54, 1.807) is 0 Å². The van der Waals surface area contributed by atoms with Gasteiger partial charge in [-0.25, -0.2) is 0 Å². The second-order valence-electron chi connectivity index (χ2n) is 10.5. The van der Waals surface area contributed by atoms with Crippen LogP contribution in [0.2, 0.25) is 0 Å². The van der Waals surface area contributed by atoms with E-state index in [2.05, 4.69) is 30.6 Å². The first-order valence-corrected chi connectivity index (χ1v) is 14.0. The smallest absolute Gasteiger partial charge is 0.290 e. The van der Waals surface area contributed by atoms with Crippen LogP contribution in [0.5, 0.6) is 0 Å². The van der Waals surface area contributed by atoms with Crippen molar-refractivity contribution in [2.75, 3.05) is 18.9 Å². The molecule has 6 N–H and O–H groups in total. The van der Waals surface area contributed by atoms with Crippen LogP contribution >= 0.6 is 11.8 Å². The van der Waals surface area contributed by atoms with E-state index in [1.165, 1.54) is 18.2 Å². The van der Waals surface area contributed by atoms with E-state index < -0.39 is 41.9 Å². The molecule has 3 saturated heterocycles. The lowest BCUT2D eigenvalue weighted by Gasteiger charge is -2.44. The molecule has 4 heterocycles. The number of carbonyl (C=O) groups is 2. The van der Waals surface area contributed by atoms with Gasteiger partial charge in [-0.3, -0.25) is 9.59 Å². The van der Waals surface area contributed by atoms with E-state index in [0.29, 0.717) is 36.5 Å². The Morgan fingerprint density at radius 1 is 1.17 bits per heavy atom. The SMILES string of the molecule is CC(C)C[C@@H]1CCO[C@@H]2[C@H](CN[C@@H]2C(=O)N[C@@H]2CC/C=C\CS[C@H]3O[C@H]2[C@H](O)[C@H](O)[C@H]3O)C1.O=CO. The zero-order valence-electron chi connectivity index (χ0n) is 21.1. The third-order valence-electron chi connectivity index (χ3n) is 7.45. The molecular weight excluding hydrogens is 488 g/mol. The number of nitrogens with one attached hydrogen (secondary N) is 2. The number of hydrogen-bond acceptors (Lipinski definition) is 9. The zero-order valence-corrected chi connectivity index (χ0v) is 21.9. The van der Waals surface area contributed by atoms with E-state index in [4.69, 9.17) is 19.4 Å². The third-order valence-corrected chi connectivity index (χ3v) is 8.55. The molecule has 0 spiro atoms. The molecule has 0 unspecified atom stereocenters. The summed E-state index contributed by atoms with van der Waals surface area (Å²) in [6.07, 6.45) is 3.92. The lowest BCUT2D eigenvalue weighted by Crippen LogP contribution is -2.64. The number of allylic oxidation sites excluding steroid dienone is 1. The number of ether oxygens (including phenoxy) is 2. The number of aliphatic hydroxyl groups is 3. The number of thioether (sulfide) groups is 1. The van der Waals surface area contributed by atoms with Gasteiger partial charge in [-0.1, -0.05) is 26.0 Å². The normalized spacial score (nSPS) is 41.7. The monoisotopic (exact) mass is 530 g/mol. The van der Waals surface area contributed by atoms with Gasteiger partial charge in [-0.05, 0) is 49.9 Å². The summed E-state index contributed by atoms with van der Waals surface area (Å²) in [7, 11) is 0. The van der Waals surface area contributed by atoms with Gasteiger partial charge in [-0.2, -0.15) is 0 Å². The van der Waals surface area contributed by atoms with Crippen LogP contribution in [0.1, 0.15) is 46.0 Å². The van der Waals surface area contributed by atoms with Crippen LogP contribution in [-0.4, -0.2) is 99.7 Å². The second kappa shape index (κ2) is 14.1. The molecule has 4 aliphatic rings. The van der Waals surface area contributed by atoms with Crippen molar-refractivity contribution in [1.29, 1.82) is 0 Å². The molecule has 0 aromatic carbocycles. The molecule has 0 radical (unpaired) electrons. The maximum Gasteiger partial charge on any atom is 0.290 e. The molecule has 11 heteroatoms. The zero-order chi connectivity index (χ0) is 26.2. The number of aliphatic hydroxyl groups excluding tert-OH is 3. The van der Waals surface area contributed by atoms with Crippen molar-refractivity contribution in [2.45, 2.75) is 94.0 Å². The van der Waals surface area contributed by atoms with Crippen LogP contribution in [0.25, 0.3) is 0 Å². The lowest BCUT2D eigenvalue weighted by atomic mass is 9.85. The highest BCUT2D eigenvalue weighted by atomic mass is 32.2. The molecule has 10 atom stereocenters. The van der Waals surface area contributed by atoms with Crippen LogP contribution in [-0.2, 0) is 19.1 Å². The second-order valence-corrected chi connectivity index (χ2v) is 11.7. The summed E-state index contributed by atoms with van der Waals surface area (Å²) in [6.45, 7) is 5.69. The minimum atomic E-state index is -1.32. The van der Waals surface area contributed by atoms with Gasteiger partial charge < -0.3 is 40.5 Å². The molecule has 10 nitrogen and oxygen atoms in total. The summed E-state index contributed by atoms with van der Waals surface area (Å²) in [5, 5.41) is 44.7. The summed E-state index contributed by atoms with van der Waals surface area (Å²) in [4.78, 5) is 21.7. The van der Waals surface area contributed by atoms with Gasteiger partial charge >= 0.3 is 0 Å². The molecule has 1 amide bonds. The van der Waals surface area contributed by atoms with Gasteiger partial charge in [0.05, 0.1) is 12.1 Å². The first-order valence-electron chi connectivity index (χ1n) is 13.0. The highest BCUT2D eigenvalue weighted by molar-refractivity contribution is 7.99. The first-order chi connectivity index (χ1) is 17.3. The molecule has 3 fully saturated rings. The van der Waals surface area contributed by atoms with Crippen molar-refractivity contribution < 1.29 is 39.5 Å². The molecule has 0 saturated carbocycles. The Bertz CT molecular complexity index is 741. The van der Waals surface area contributed by atoms with Crippen LogP contribution in [0.15, 0.2) is 12.2 Å². The summed E-state index contributed by atoms with van der Waals surface area (Å²) < 4.78 is 12.2. The van der Waals surface area contributed by atoms with E-state index >= 15 is 0 Å². The van der Waals surface area contributed by atoms with E-state index in [-0.39, 0.29) is 18.5 Å². The van der Waals surface area contributed by atoms with Gasteiger partial charge in [0.25, 0.3) is 6.47 Å². The predicted molar refractivity (Wildman–Crippen MR) is 135 cm³/mol. The highest BCUT2D eigenvalue weighted by Gasteiger charge is 2.48. The Morgan fingerprint density at radius 3 is 2.64 bits per heavy atom. The number of carboxylic acid groups (broad SMARTS) is 1. The van der Waals surface area contributed by atoms with E-state index in [1.807, 2.05) is 6.08 Å². The van der Waals surface area contributed by atoms with Crippen LogP contribution in [0.4, 0.5) is 0 Å². The van der Waals surface area contributed by atoms with Crippen molar-refractivity contribution in [2.24, 2.45) is 17.8 Å². The summed E-state index contributed by atoms with van der Waals surface area (Å²) in [5.41, 5.74) is -0.660. The van der Waals surface area contributed by atoms with E-state index in [9.17, 15) is 20.1 Å². The Morgan fingerprint density at radius 2 is 1.92 bits per heavy atom. The van der Waals surface area contributed by atoms with Crippen molar-refractivity contribution in [3.63, 3.8) is 0 Å². The average molecular weight is 531 g/mol. The Kier molecular flexibility index (Phi) is 11.5. The fourth-order valence-electron chi connectivity index (χ4n) is 5.82.